The molecule has 1 aromatic heterocycles. The summed E-state index contributed by atoms with van der Waals surface area (Å²) >= 11 is 0. The number of methoxy groups -OCH3 is 1. The van der Waals surface area contributed by atoms with Crippen molar-refractivity contribution in [1.82, 2.24) is 15.5 Å². The number of anilines is 2. The number of hydrogen-bond donors (Lipinski definition) is 1. The van der Waals surface area contributed by atoms with Gasteiger partial charge in [-0.15, -0.1) is 10.2 Å². The monoisotopic (exact) mass is 417 g/mol. The molecule has 1 fully saturated rings. The number of nitrogens with one attached hydrogen (secondary N) is 1. The summed E-state index contributed by atoms with van der Waals surface area (Å²) in [4.78, 5) is 4.45. The van der Waals surface area contributed by atoms with Gasteiger partial charge in [-0.2, -0.15) is 0 Å². The van der Waals surface area contributed by atoms with Crippen LogP contribution in [-0.4, -0.2) is 50.5 Å². The van der Waals surface area contributed by atoms with Crippen molar-refractivity contribution in [3.63, 3.8) is 0 Å². The largest absolute Gasteiger partial charge is 0.496 e. The SMILES string of the molecule is COc1ccccc1-c1ccc(N2CCCC(NCc3ccc(N(C)C)cc3)C2)nn1. The number of ether oxygens (including phenoxy) is 1. The van der Waals surface area contributed by atoms with Crippen molar-refractivity contribution in [3.8, 4) is 17.0 Å². The highest BCUT2D eigenvalue weighted by molar-refractivity contribution is 5.67. The second-order valence-corrected chi connectivity index (χ2v) is 8.20. The lowest BCUT2D eigenvalue weighted by Crippen LogP contribution is -2.45. The van der Waals surface area contributed by atoms with Crippen LogP contribution in [-0.2, 0) is 6.54 Å². The molecule has 1 atom stereocenters. The van der Waals surface area contributed by atoms with Gasteiger partial charge in [0, 0.05) is 51.0 Å². The fourth-order valence-electron chi connectivity index (χ4n) is 4.02. The van der Waals surface area contributed by atoms with E-state index < -0.39 is 0 Å². The lowest BCUT2D eigenvalue weighted by molar-refractivity contribution is 0.416. The Bertz CT molecular complexity index is 972. The highest BCUT2D eigenvalue weighted by Gasteiger charge is 2.21. The van der Waals surface area contributed by atoms with Crippen molar-refractivity contribution in [2.24, 2.45) is 0 Å². The molecule has 0 aliphatic carbocycles. The van der Waals surface area contributed by atoms with Crippen LogP contribution in [0.25, 0.3) is 11.3 Å². The van der Waals surface area contributed by atoms with Gasteiger partial charge in [0.05, 0.1) is 12.8 Å². The molecule has 162 valence electrons. The Balaban J connectivity index is 1.37. The Morgan fingerprint density at radius 1 is 1.03 bits per heavy atom. The van der Waals surface area contributed by atoms with Crippen molar-refractivity contribution in [2.75, 3.05) is 44.1 Å². The summed E-state index contributed by atoms with van der Waals surface area (Å²) in [5.74, 6) is 1.74. The normalized spacial score (nSPS) is 16.2. The zero-order chi connectivity index (χ0) is 21.6. The predicted octanol–water partition coefficient (Wildman–Crippen LogP) is 3.98. The Morgan fingerprint density at radius 2 is 1.84 bits per heavy atom. The molecule has 0 saturated carbocycles. The van der Waals surface area contributed by atoms with Crippen molar-refractivity contribution in [2.45, 2.75) is 25.4 Å². The fraction of sp³-hybridized carbons (Fsp3) is 0.360. The molecule has 1 saturated heterocycles. The Morgan fingerprint density at radius 3 is 2.55 bits per heavy atom. The molecule has 31 heavy (non-hydrogen) atoms. The smallest absolute Gasteiger partial charge is 0.151 e. The van der Waals surface area contributed by atoms with E-state index in [1.54, 1.807) is 7.11 Å². The minimum absolute atomic E-state index is 0.443. The first-order valence-electron chi connectivity index (χ1n) is 10.9. The number of aromatic nitrogens is 2. The third kappa shape index (κ3) is 5.14. The van der Waals surface area contributed by atoms with Crippen LogP contribution in [0.15, 0.2) is 60.7 Å². The first kappa shape index (κ1) is 21.1. The van der Waals surface area contributed by atoms with Gasteiger partial charge in [0.25, 0.3) is 0 Å². The number of hydrogen-bond acceptors (Lipinski definition) is 6. The second kappa shape index (κ2) is 9.79. The number of rotatable bonds is 7. The first-order valence-corrected chi connectivity index (χ1v) is 10.9. The van der Waals surface area contributed by atoms with Crippen LogP contribution in [0.5, 0.6) is 5.75 Å². The van der Waals surface area contributed by atoms with Crippen LogP contribution in [0.2, 0.25) is 0 Å². The molecule has 4 rings (SSSR count). The van der Waals surface area contributed by atoms with E-state index in [1.165, 1.54) is 17.7 Å². The number of piperidine rings is 1. The average Bonchev–Trinajstić information content (AvgIpc) is 2.83. The lowest BCUT2D eigenvalue weighted by Gasteiger charge is -2.34. The van der Waals surface area contributed by atoms with Crippen LogP contribution < -0.4 is 19.9 Å². The van der Waals surface area contributed by atoms with Gasteiger partial charge in [0.1, 0.15) is 5.75 Å². The van der Waals surface area contributed by atoms with Crippen molar-refractivity contribution >= 4 is 11.5 Å². The van der Waals surface area contributed by atoms with E-state index in [0.29, 0.717) is 6.04 Å². The predicted molar refractivity (Wildman–Crippen MR) is 127 cm³/mol. The molecular weight excluding hydrogens is 386 g/mol. The molecule has 1 aliphatic heterocycles. The van der Waals surface area contributed by atoms with E-state index in [1.807, 2.05) is 30.3 Å². The molecule has 6 nitrogen and oxygen atoms in total. The molecule has 3 aromatic rings. The average molecular weight is 418 g/mol. The molecule has 0 amide bonds. The van der Waals surface area contributed by atoms with Gasteiger partial charge in [-0.25, -0.2) is 0 Å². The van der Waals surface area contributed by atoms with Crippen LogP contribution in [0.3, 0.4) is 0 Å². The Kier molecular flexibility index (Phi) is 6.67. The topological polar surface area (TPSA) is 53.5 Å². The second-order valence-electron chi connectivity index (χ2n) is 8.20. The van der Waals surface area contributed by atoms with Crippen LogP contribution in [0, 0.1) is 0 Å². The molecule has 0 bridgehead atoms. The lowest BCUT2D eigenvalue weighted by atomic mass is 10.0. The summed E-state index contributed by atoms with van der Waals surface area (Å²) in [6, 6.07) is 21.2. The maximum absolute atomic E-state index is 5.45. The van der Waals surface area contributed by atoms with E-state index in [0.717, 1.165) is 48.9 Å². The van der Waals surface area contributed by atoms with Crippen molar-refractivity contribution in [3.05, 3.63) is 66.2 Å². The summed E-state index contributed by atoms with van der Waals surface area (Å²) in [5, 5.41) is 12.7. The van der Waals surface area contributed by atoms with Gasteiger partial charge in [-0.3, -0.25) is 0 Å². The van der Waals surface area contributed by atoms with E-state index in [4.69, 9.17) is 4.74 Å². The molecule has 1 aliphatic rings. The van der Waals surface area contributed by atoms with Crippen LogP contribution in [0.4, 0.5) is 11.5 Å². The summed E-state index contributed by atoms with van der Waals surface area (Å²) in [6.45, 7) is 2.83. The van der Waals surface area contributed by atoms with E-state index in [-0.39, 0.29) is 0 Å². The Labute approximate surface area is 184 Å². The van der Waals surface area contributed by atoms with E-state index >= 15 is 0 Å². The van der Waals surface area contributed by atoms with Gasteiger partial charge in [0.15, 0.2) is 5.82 Å². The summed E-state index contributed by atoms with van der Waals surface area (Å²) < 4.78 is 5.45. The van der Waals surface area contributed by atoms with Gasteiger partial charge in [-0.1, -0.05) is 24.3 Å². The van der Waals surface area contributed by atoms with Gasteiger partial charge in [-0.05, 0) is 54.8 Å². The van der Waals surface area contributed by atoms with Crippen molar-refractivity contribution < 1.29 is 4.74 Å². The standard InChI is InChI=1S/C25H31N5O/c1-29(2)21-12-10-19(11-13-21)17-26-20-7-6-16-30(18-20)25-15-14-23(27-28-25)22-8-4-5-9-24(22)31-3/h4-5,8-15,20,26H,6-7,16-18H2,1-3H3. The number of benzene rings is 2. The van der Waals surface area contributed by atoms with E-state index in [2.05, 4.69) is 69.7 Å². The molecule has 6 heteroatoms. The molecular formula is C25H31N5O. The quantitative estimate of drug-likeness (QED) is 0.628. The zero-order valence-corrected chi connectivity index (χ0v) is 18.6. The van der Waals surface area contributed by atoms with Gasteiger partial charge in [0.2, 0.25) is 0 Å². The number of nitrogens with zero attached hydrogens (tertiary/aromatic N) is 4. The maximum atomic E-state index is 5.45. The molecule has 1 N–H and O–H groups in total. The summed E-state index contributed by atoms with van der Waals surface area (Å²) in [7, 11) is 5.81. The maximum Gasteiger partial charge on any atom is 0.151 e. The number of para-hydroxylation sites is 1. The molecule has 2 aromatic carbocycles. The van der Waals surface area contributed by atoms with Crippen LogP contribution >= 0.6 is 0 Å². The summed E-state index contributed by atoms with van der Waals surface area (Å²) in [5.41, 5.74) is 4.32. The van der Waals surface area contributed by atoms with Gasteiger partial charge >= 0.3 is 0 Å². The van der Waals surface area contributed by atoms with Crippen LogP contribution in [0.1, 0.15) is 18.4 Å². The third-order valence-electron chi connectivity index (χ3n) is 5.83. The highest BCUT2D eigenvalue weighted by Crippen LogP contribution is 2.28. The minimum atomic E-state index is 0.443. The fourth-order valence-corrected chi connectivity index (χ4v) is 4.02. The zero-order valence-electron chi connectivity index (χ0n) is 18.6. The van der Waals surface area contributed by atoms with Gasteiger partial charge < -0.3 is 19.9 Å². The van der Waals surface area contributed by atoms with E-state index in [9.17, 15) is 0 Å². The molecule has 1 unspecified atom stereocenters. The molecule has 2 heterocycles. The van der Waals surface area contributed by atoms with Crippen molar-refractivity contribution in [1.29, 1.82) is 0 Å². The highest BCUT2D eigenvalue weighted by atomic mass is 16.5. The summed E-state index contributed by atoms with van der Waals surface area (Å²) in [6.07, 6.45) is 2.33. The first-order chi connectivity index (χ1) is 15.1. The molecule has 0 radical (unpaired) electrons. The molecule has 0 spiro atoms. The minimum Gasteiger partial charge on any atom is -0.496 e. The third-order valence-corrected chi connectivity index (χ3v) is 5.83. The Hall–Kier alpha value is -3.12.